The minimum Gasteiger partial charge on any atom is -0.289 e. The van der Waals surface area contributed by atoms with Crippen LogP contribution in [0.5, 0.6) is 0 Å². The van der Waals surface area contributed by atoms with E-state index in [1.807, 2.05) is 0 Å². The van der Waals surface area contributed by atoms with Crippen molar-refractivity contribution in [1.29, 1.82) is 0 Å². The molecule has 0 aliphatic heterocycles. The highest BCUT2D eigenvalue weighted by Gasteiger charge is 2.53. The second kappa shape index (κ2) is 22.2. The summed E-state index contributed by atoms with van der Waals surface area (Å²) in [5, 5.41) is 12.5. The van der Waals surface area contributed by atoms with E-state index in [1.165, 1.54) is 132 Å². The van der Waals surface area contributed by atoms with Gasteiger partial charge in [0.25, 0.3) is 0 Å². The van der Waals surface area contributed by atoms with Gasteiger partial charge in [0.1, 0.15) is 0 Å². The van der Waals surface area contributed by atoms with Crippen LogP contribution in [0.25, 0.3) is 184 Å². The lowest BCUT2D eigenvalue weighted by molar-refractivity contribution is 0.794. The molecule has 0 amide bonds. The molecule has 108 heavy (non-hydrogen) atoms. The van der Waals surface area contributed by atoms with Gasteiger partial charge in [0.05, 0.1) is 10.8 Å². The first-order chi connectivity index (χ1) is 53.3. The zero-order valence-electron chi connectivity index (χ0n) is 58.1. The van der Waals surface area contributed by atoms with Crippen molar-refractivity contribution in [3.8, 4) is 100 Å². The van der Waals surface area contributed by atoms with Crippen LogP contribution in [0.1, 0.15) is 44.5 Å². The van der Waals surface area contributed by atoms with Crippen molar-refractivity contribution in [3.63, 3.8) is 0 Å². The molecule has 4 aliphatic carbocycles. The van der Waals surface area contributed by atoms with Crippen molar-refractivity contribution in [2.45, 2.75) is 10.8 Å². The molecule has 0 saturated carbocycles. The highest BCUT2D eigenvalue weighted by molar-refractivity contribution is 7.25. The molecule has 1 atom stereocenters. The lowest BCUT2D eigenvalue weighted by atomic mass is 9.70. The number of rotatable bonds is 5. The van der Waals surface area contributed by atoms with Crippen LogP contribution in [0.2, 0.25) is 0 Å². The summed E-state index contributed by atoms with van der Waals surface area (Å²) >= 11 is 3.36. The number of hydrogen-bond acceptors (Lipinski definition) is 4. The van der Waals surface area contributed by atoms with Crippen LogP contribution in [0.4, 0.5) is 0 Å². The molecule has 18 aromatic carbocycles. The van der Waals surface area contributed by atoms with Crippen molar-refractivity contribution in [1.82, 2.24) is 0 Å². The Kier molecular flexibility index (Phi) is 12.3. The van der Waals surface area contributed by atoms with Gasteiger partial charge in [-0.3, -0.25) is 9.59 Å². The van der Waals surface area contributed by atoms with Crippen LogP contribution in [-0.4, -0.2) is 0 Å². The standard InChI is InChI=1S/C104H58O2S2/c105-101-85-52-64(62-32-30-60-29-28-59-14-1-2-15-71(59)82(60)50-62)38-46-97(85)107-98-47-39-65(53-86(98)101)63-33-31-61-34-42-74-72(21-13-22-73(74)83(61)51-63)70-37-45-94-84(56-70)79-20-7-12-27-93(79)104(94)92-26-11-6-19-78(92)81-44-36-69(58-96(81)104)67-41-49-100-88(55-67)102(106)87-54-66(40-48-99(87)108-100)68-35-43-80-77-18-5-10-25-91(77)103(95(80)57-68)89-23-8-3-16-75(89)76-17-4-9-24-90(76)103/h1-58H. The summed E-state index contributed by atoms with van der Waals surface area (Å²) in [4.78, 5) is 30.2. The minimum absolute atomic E-state index is 0.0480. The molecule has 24 rings (SSSR count). The highest BCUT2D eigenvalue weighted by Crippen LogP contribution is 2.65. The molecule has 2 aromatic heterocycles. The predicted octanol–water partition coefficient (Wildman–Crippen LogP) is 26.8. The molecule has 4 heteroatoms. The molecule has 4 aliphatic rings. The third-order valence-corrected chi connectivity index (χ3v) is 27.0. The van der Waals surface area contributed by atoms with Gasteiger partial charge in [-0.05, 0) is 267 Å². The maximum Gasteiger partial charge on any atom is 0.195 e. The Morgan fingerprint density at radius 2 is 0.463 bits per heavy atom. The smallest absolute Gasteiger partial charge is 0.195 e. The normalized spacial score (nSPS) is 14.5. The summed E-state index contributed by atoms with van der Waals surface area (Å²) in [5.74, 6) is 0. The Morgan fingerprint density at radius 1 is 0.167 bits per heavy atom. The van der Waals surface area contributed by atoms with E-state index >= 15 is 4.79 Å². The van der Waals surface area contributed by atoms with E-state index < -0.39 is 10.8 Å². The quantitative estimate of drug-likeness (QED) is 0.127. The summed E-state index contributed by atoms with van der Waals surface area (Å²) < 4.78 is 3.91. The fourth-order valence-electron chi connectivity index (χ4n) is 19.9. The van der Waals surface area contributed by atoms with Gasteiger partial charge in [-0.2, -0.15) is 0 Å². The topological polar surface area (TPSA) is 34.1 Å². The van der Waals surface area contributed by atoms with Crippen molar-refractivity contribution >= 4 is 106 Å². The van der Waals surface area contributed by atoms with Gasteiger partial charge in [-0.25, -0.2) is 0 Å². The molecule has 2 heterocycles. The van der Waals surface area contributed by atoms with Gasteiger partial charge in [0.15, 0.2) is 10.9 Å². The van der Waals surface area contributed by atoms with Crippen molar-refractivity contribution in [2.24, 2.45) is 0 Å². The fraction of sp³-hybridized carbons (Fsp3) is 0.0192. The van der Waals surface area contributed by atoms with Crippen molar-refractivity contribution in [3.05, 3.63) is 417 Å². The molecule has 498 valence electrons. The molecule has 0 fully saturated rings. The third-order valence-electron chi connectivity index (χ3n) is 24.7. The van der Waals surface area contributed by atoms with E-state index in [1.54, 1.807) is 22.7 Å². The molecule has 0 bridgehead atoms. The molecule has 0 saturated heterocycles. The summed E-state index contributed by atoms with van der Waals surface area (Å²) in [7, 11) is 0. The van der Waals surface area contributed by atoms with E-state index in [9.17, 15) is 4.79 Å². The first-order valence-corrected chi connectivity index (χ1v) is 38.8. The van der Waals surface area contributed by atoms with Gasteiger partial charge in [-0.15, -0.1) is 22.7 Å². The van der Waals surface area contributed by atoms with Gasteiger partial charge in [0, 0.05) is 40.3 Å². The second-order valence-electron chi connectivity index (χ2n) is 29.8. The molecule has 2 spiro atoms. The molecular weight excluding hydrogens is 1350 g/mol. The maximum absolute atomic E-state index is 15.4. The van der Waals surface area contributed by atoms with E-state index in [0.29, 0.717) is 0 Å². The van der Waals surface area contributed by atoms with Crippen LogP contribution >= 0.6 is 22.7 Å². The Labute approximate surface area is 629 Å². The Morgan fingerprint density at radius 3 is 0.917 bits per heavy atom. The molecule has 0 radical (unpaired) electrons. The van der Waals surface area contributed by atoms with E-state index in [0.717, 1.165) is 95.8 Å². The molecular formula is C104H58O2S2. The Balaban J connectivity index is 0.585. The first kappa shape index (κ1) is 60.1. The zero-order chi connectivity index (χ0) is 70.8. The van der Waals surface area contributed by atoms with Gasteiger partial charge in [-0.1, -0.05) is 273 Å². The zero-order valence-corrected chi connectivity index (χ0v) is 59.8. The van der Waals surface area contributed by atoms with Crippen LogP contribution < -0.4 is 10.9 Å². The first-order valence-electron chi connectivity index (χ1n) is 37.1. The number of hydrogen-bond donors (Lipinski definition) is 0. The van der Waals surface area contributed by atoms with Crippen LogP contribution in [0.15, 0.2) is 361 Å². The Hall–Kier alpha value is -13.2. The van der Waals surface area contributed by atoms with Crippen LogP contribution in [0, 0.1) is 0 Å². The summed E-state index contributed by atoms with van der Waals surface area (Å²) in [6, 6.07) is 129. The molecule has 2 nitrogen and oxygen atoms in total. The SMILES string of the molecule is O=c1c2cc(-c3ccc4c(c3)C3(c5ccccc5-c5ccccc53)c3ccccc3-4)ccc2sc2ccc(-c3ccc4c(c3)C3(c5ccccc5-c5cc(-c6cccc7c6ccc6ccc(-c8ccc9sc%10ccc(-c%11ccc%12ccc%13ccccc%13c%12c%11)cc%10c(=O)c9c8)cc67)ccc53)c3ccccc3-4)cc12. The fourth-order valence-corrected chi connectivity index (χ4v) is 22.0. The Bertz CT molecular complexity index is 7570. The van der Waals surface area contributed by atoms with Crippen molar-refractivity contribution < 1.29 is 0 Å². The molecule has 0 N–H and O–H groups in total. The average Bonchev–Trinajstić information content (AvgIpc) is 1.51. The van der Waals surface area contributed by atoms with E-state index in [4.69, 9.17) is 0 Å². The average molecular weight is 1400 g/mol. The number of fused-ring (bicyclic) bond motifs is 30. The summed E-state index contributed by atoms with van der Waals surface area (Å²) in [6.45, 7) is 0. The lowest BCUT2D eigenvalue weighted by Gasteiger charge is -2.31. The third kappa shape index (κ3) is 8.14. The largest absolute Gasteiger partial charge is 0.289 e. The highest BCUT2D eigenvalue weighted by atomic mass is 32.1. The number of benzene rings is 18. The van der Waals surface area contributed by atoms with E-state index in [-0.39, 0.29) is 10.9 Å². The summed E-state index contributed by atoms with van der Waals surface area (Å²) in [6.07, 6.45) is 0. The maximum atomic E-state index is 15.4. The van der Waals surface area contributed by atoms with Gasteiger partial charge in [0.2, 0.25) is 0 Å². The van der Waals surface area contributed by atoms with Crippen LogP contribution in [0.3, 0.4) is 0 Å². The van der Waals surface area contributed by atoms with Crippen LogP contribution in [-0.2, 0) is 10.8 Å². The van der Waals surface area contributed by atoms with Gasteiger partial charge < -0.3 is 0 Å². The molecule has 1 unspecified atom stereocenters. The van der Waals surface area contributed by atoms with E-state index in [2.05, 4.69) is 352 Å². The summed E-state index contributed by atoms with van der Waals surface area (Å²) in [5.41, 5.74) is 30.1. The molecule has 20 aromatic rings. The van der Waals surface area contributed by atoms with Gasteiger partial charge >= 0.3 is 0 Å². The second-order valence-corrected chi connectivity index (χ2v) is 32.0. The lowest BCUT2D eigenvalue weighted by Crippen LogP contribution is -2.25. The minimum atomic E-state index is -0.599. The van der Waals surface area contributed by atoms with Crippen molar-refractivity contribution in [2.75, 3.05) is 0 Å². The monoisotopic (exact) mass is 1400 g/mol. The predicted molar refractivity (Wildman–Crippen MR) is 455 cm³/mol.